The Morgan fingerprint density at radius 2 is 2.25 bits per heavy atom. The Bertz CT molecular complexity index is 690. The Hall–Kier alpha value is -1.68. The lowest BCUT2D eigenvalue weighted by Crippen LogP contribution is -2.11. The number of nitrogens with one attached hydrogen (secondary N) is 1. The van der Waals surface area contributed by atoms with E-state index in [0.717, 1.165) is 11.5 Å². The maximum absolute atomic E-state index is 12.2. The van der Waals surface area contributed by atoms with Crippen molar-refractivity contribution in [3.05, 3.63) is 12.2 Å². The van der Waals surface area contributed by atoms with Gasteiger partial charge in [-0.1, -0.05) is 6.92 Å². The zero-order valence-corrected chi connectivity index (χ0v) is 12.8. The second-order valence-corrected chi connectivity index (χ2v) is 7.05. The van der Waals surface area contributed by atoms with Crippen LogP contribution >= 0.6 is 11.5 Å². The summed E-state index contributed by atoms with van der Waals surface area (Å²) in [5.74, 6) is 0.657. The molecule has 0 radical (unpaired) electrons. The molecule has 10 heteroatoms. The van der Waals surface area contributed by atoms with E-state index in [1.807, 2.05) is 0 Å². The molecule has 2 aromatic rings. The number of nitrogens with zero attached hydrogens (tertiary/aromatic N) is 4. The van der Waals surface area contributed by atoms with Crippen molar-refractivity contribution in [2.75, 3.05) is 16.8 Å². The lowest BCUT2D eigenvalue weighted by atomic mass is 10.5. The first kappa shape index (κ1) is 14.7. The molecule has 0 saturated heterocycles. The second kappa shape index (κ2) is 5.75. The van der Waals surface area contributed by atoms with E-state index in [9.17, 15) is 8.42 Å². The van der Waals surface area contributed by atoms with Gasteiger partial charge in [0.25, 0.3) is 0 Å². The molecule has 2 aromatic heterocycles. The van der Waals surface area contributed by atoms with Crippen LogP contribution in [-0.4, -0.2) is 33.3 Å². The van der Waals surface area contributed by atoms with Crippen molar-refractivity contribution in [2.24, 2.45) is 7.05 Å². The molecule has 0 atom stereocenters. The monoisotopic (exact) mass is 316 g/mol. The number of hydrogen-bond acceptors (Lipinski definition) is 8. The largest absolute Gasteiger partial charge is 0.382 e. The van der Waals surface area contributed by atoms with Crippen LogP contribution in [0.5, 0.6) is 0 Å². The van der Waals surface area contributed by atoms with Gasteiger partial charge in [-0.15, -0.1) is 0 Å². The number of anilines is 2. The molecule has 0 spiro atoms. The average molecular weight is 316 g/mol. The van der Waals surface area contributed by atoms with Gasteiger partial charge in [-0.3, -0.25) is 4.68 Å². The normalized spacial score (nSPS) is 11.7. The fourth-order valence-corrected chi connectivity index (χ4v) is 4.32. The standard InChI is InChI=1S/C10H16N6O2S2/c1-3-4-20(17,18)8-9(11)15-19-10(8)12-5-7-13-6-16(2)14-7/h6,12H,3-5H2,1-2H3,(H2,11,15). The van der Waals surface area contributed by atoms with Crippen molar-refractivity contribution < 1.29 is 8.42 Å². The fraction of sp³-hybridized carbons (Fsp3) is 0.500. The third-order valence-corrected chi connectivity index (χ3v) is 5.44. The van der Waals surface area contributed by atoms with E-state index < -0.39 is 9.84 Å². The van der Waals surface area contributed by atoms with Crippen molar-refractivity contribution in [3.8, 4) is 0 Å². The molecule has 0 aromatic carbocycles. The van der Waals surface area contributed by atoms with Gasteiger partial charge in [0.05, 0.1) is 12.3 Å². The van der Waals surface area contributed by atoms with E-state index >= 15 is 0 Å². The lowest BCUT2D eigenvalue weighted by Gasteiger charge is -2.06. The van der Waals surface area contributed by atoms with Crippen LogP contribution in [0.15, 0.2) is 11.2 Å². The third kappa shape index (κ3) is 3.07. The molecular formula is C10H16N6O2S2. The minimum atomic E-state index is -3.41. The Kier molecular flexibility index (Phi) is 4.23. The number of nitrogen functional groups attached to an aromatic ring is 1. The number of aryl methyl sites for hydroxylation is 1. The number of hydrogen-bond donors (Lipinski definition) is 2. The number of sulfone groups is 1. The van der Waals surface area contributed by atoms with E-state index in [-0.39, 0.29) is 16.5 Å². The molecule has 0 aliphatic rings. The van der Waals surface area contributed by atoms with Gasteiger partial charge in [-0.05, 0) is 18.0 Å². The van der Waals surface area contributed by atoms with E-state index in [2.05, 4.69) is 19.8 Å². The molecule has 2 heterocycles. The molecular weight excluding hydrogens is 300 g/mol. The maximum atomic E-state index is 12.2. The zero-order chi connectivity index (χ0) is 14.8. The highest BCUT2D eigenvalue weighted by Gasteiger charge is 2.24. The SMILES string of the molecule is CCCS(=O)(=O)c1c(N)nsc1NCc1ncn(C)n1. The van der Waals surface area contributed by atoms with E-state index in [4.69, 9.17) is 5.73 Å². The van der Waals surface area contributed by atoms with Gasteiger partial charge in [0.2, 0.25) is 0 Å². The van der Waals surface area contributed by atoms with Gasteiger partial charge in [-0.2, -0.15) is 9.47 Å². The zero-order valence-electron chi connectivity index (χ0n) is 11.2. The van der Waals surface area contributed by atoms with Crippen LogP contribution in [0.3, 0.4) is 0 Å². The smallest absolute Gasteiger partial charge is 0.185 e. The van der Waals surface area contributed by atoms with Crippen LogP contribution in [0, 0.1) is 0 Å². The topological polar surface area (TPSA) is 116 Å². The van der Waals surface area contributed by atoms with Gasteiger partial charge in [-0.25, -0.2) is 13.4 Å². The first-order valence-corrected chi connectivity index (χ1v) is 8.43. The minimum absolute atomic E-state index is 0.0416. The lowest BCUT2D eigenvalue weighted by molar-refractivity contribution is 0.595. The van der Waals surface area contributed by atoms with Gasteiger partial charge in [0.15, 0.2) is 21.5 Å². The summed E-state index contributed by atoms with van der Waals surface area (Å²) in [5, 5.41) is 7.53. The first-order chi connectivity index (χ1) is 9.44. The number of aromatic nitrogens is 4. The quantitative estimate of drug-likeness (QED) is 0.803. The van der Waals surface area contributed by atoms with Crippen molar-refractivity contribution in [3.63, 3.8) is 0 Å². The first-order valence-electron chi connectivity index (χ1n) is 6.00. The van der Waals surface area contributed by atoms with Crippen molar-refractivity contribution in [2.45, 2.75) is 24.8 Å². The van der Waals surface area contributed by atoms with Crippen molar-refractivity contribution in [1.82, 2.24) is 19.1 Å². The summed E-state index contributed by atoms with van der Waals surface area (Å²) in [6.07, 6.45) is 2.10. The van der Waals surface area contributed by atoms with Gasteiger partial charge < -0.3 is 11.1 Å². The number of nitrogens with two attached hydrogens (primary N) is 1. The van der Waals surface area contributed by atoms with E-state index in [0.29, 0.717) is 23.8 Å². The van der Waals surface area contributed by atoms with E-state index in [1.165, 1.54) is 0 Å². The Morgan fingerprint density at radius 1 is 1.50 bits per heavy atom. The van der Waals surface area contributed by atoms with Gasteiger partial charge in [0.1, 0.15) is 16.2 Å². The molecule has 0 aliphatic carbocycles. The van der Waals surface area contributed by atoms with Crippen LogP contribution in [0.25, 0.3) is 0 Å². The molecule has 110 valence electrons. The number of rotatable bonds is 6. The molecule has 0 unspecified atom stereocenters. The average Bonchev–Trinajstić information content (AvgIpc) is 2.93. The second-order valence-electron chi connectivity index (χ2n) is 4.23. The predicted molar refractivity (Wildman–Crippen MR) is 77.2 cm³/mol. The molecule has 0 fully saturated rings. The van der Waals surface area contributed by atoms with Crippen LogP contribution in [0.2, 0.25) is 0 Å². The highest BCUT2D eigenvalue weighted by Crippen LogP contribution is 2.32. The van der Waals surface area contributed by atoms with Gasteiger partial charge in [0, 0.05) is 7.05 Å². The van der Waals surface area contributed by atoms with Crippen molar-refractivity contribution >= 4 is 32.2 Å². The molecule has 0 aliphatic heterocycles. The summed E-state index contributed by atoms with van der Waals surface area (Å²) in [6.45, 7) is 2.12. The summed E-state index contributed by atoms with van der Waals surface area (Å²) < 4.78 is 29.8. The minimum Gasteiger partial charge on any atom is -0.382 e. The van der Waals surface area contributed by atoms with E-state index in [1.54, 1.807) is 25.0 Å². The summed E-state index contributed by atoms with van der Waals surface area (Å²) >= 11 is 1.03. The molecule has 3 N–H and O–H groups in total. The summed E-state index contributed by atoms with van der Waals surface area (Å²) in [4.78, 5) is 4.14. The molecule has 0 amide bonds. The highest BCUT2D eigenvalue weighted by atomic mass is 32.2. The summed E-state index contributed by atoms with van der Waals surface area (Å²) in [6, 6.07) is 0. The Balaban J connectivity index is 2.21. The summed E-state index contributed by atoms with van der Waals surface area (Å²) in [7, 11) is -1.65. The third-order valence-electron chi connectivity index (χ3n) is 2.51. The maximum Gasteiger partial charge on any atom is 0.185 e. The van der Waals surface area contributed by atoms with Crippen LogP contribution in [0.4, 0.5) is 10.8 Å². The van der Waals surface area contributed by atoms with Crippen LogP contribution in [0.1, 0.15) is 19.2 Å². The molecule has 20 heavy (non-hydrogen) atoms. The molecule has 0 bridgehead atoms. The van der Waals surface area contributed by atoms with Crippen molar-refractivity contribution in [1.29, 1.82) is 0 Å². The predicted octanol–water partition coefficient (Wildman–Crippen LogP) is 0.650. The molecule has 2 rings (SSSR count). The fourth-order valence-electron chi connectivity index (χ4n) is 1.70. The highest BCUT2D eigenvalue weighted by molar-refractivity contribution is 7.91. The Morgan fingerprint density at radius 3 is 2.85 bits per heavy atom. The van der Waals surface area contributed by atoms with Crippen LogP contribution < -0.4 is 11.1 Å². The Labute approximate surface area is 121 Å². The van der Waals surface area contributed by atoms with Gasteiger partial charge >= 0.3 is 0 Å². The molecule has 0 saturated carbocycles. The molecule has 8 nitrogen and oxygen atoms in total. The summed E-state index contributed by atoms with van der Waals surface area (Å²) in [5.41, 5.74) is 5.68. The van der Waals surface area contributed by atoms with Crippen LogP contribution in [-0.2, 0) is 23.4 Å².